The molecule has 0 spiro atoms. The van der Waals surface area contributed by atoms with Crippen LogP contribution in [0.1, 0.15) is 5.56 Å². The van der Waals surface area contributed by atoms with Crippen LogP contribution in [0.3, 0.4) is 0 Å². The highest BCUT2D eigenvalue weighted by Gasteiger charge is 2.12. The van der Waals surface area contributed by atoms with Crippen LogP contribution in [0.25, 0.3) is 22.1 Å². The van der Waals surface area contributed by atoms with Crippen molar-refractivity contribution < 1.29 is 14.3 Å². The van der Waals surface area contributed by atoms with Gasteiger partial charge in [-0.05, 0) is 11.6 Å². The minimum absolute atomic E-state index is 0.176. The molecule has 21 heavy (non-hydrogen) atoms. The quantitative estimate of drug-likeness (QED) is 0.749. The summed E-state index contributed by atoms with van der Waals surface area (Å²) in [6.07, 6.45) is -0.176. The van der Waals surface area contributed by atoms with Gasteiger partial charge in [-0.15, -0.1) is 0 Å². The van der Waals surface area contributed by atoms with Crippen molar-refractivity contribution in [1.82, 2.24) is 0 Å². The first-order valence-corrected chi connectivity index (χ1v) is 6.48. The number of carboxylic acid groups (broad SMARTS) is 1. The third-order valence-corrected chi connectivity index (χ3v) is 3.27. The zero-order valence-electron chi connectivity index (χ0n) is 11.1. The molecule has 1 N–H and O–H groups in total. The molecule has 0 amide bonds. The Balaban J connectivity index is 2.22. The van der Waals surface area contributed by atoms with Crippen molar-refractivity contribution in [2.24, 2.45) is 0 Å². The molecular weight excluding hydrogens is 268 g/mol. The number of hydrogen-bond donors (Lipinski definition) is 1. The minimum Gasteiger partial charge on any atom is -0.481 e. The Hall–Kier alpha value is -2.88. The summed E-state index contributed by atoms with van der Waals surface area (Å²) in [7, 11) is 0. The molecule has 3 aromatic rings. The zero-order chi connectivity index (χ0) is 14.8. The van der Waals surface area contributed by atoms with Gasteiger partial charge in [-0.25, -0.2) is 4.79 Å². The molecule has 0 atom stereocenters. The molecule has 3 rings (SSSR count). The van der Waals surface area contributed by atoms with Crippen LogP contribution in [0.5, 0.6) is 0 Å². The van der Waals surface area contributed by atoms with Crippen LogP contribution in [0.4, 0.5) is 0 Å². The van der Waals surface area contributed by atoms with Gasteiger partial charge >= 0.3 is 11.6 Å². The molecule has 0 aliphatic rings. The van der Waals surface area contributed by atoms with Crippen LogP contribution in [0.15, 0.2) is 63.8 Å². The third kappa shape index (κ3) is 2.56. The van der Waals surface area contributed by atoms with Crippen molar-refractivity contribution >= 4 is 16.9 Å². The van der Waals surface area contributed by atoms with Gasteiger partial charge in [-0.2, -0.15) is 0 Å². The van der Waals surface area contributed by atoms with Gasteiger partial charge in [-0.1, -0.05) is 48.5 Å². The Morgan fingerprint density at radius 3 is 2.52 bits per heavy atom. The maximum absolute atomic E-state index is 12.2. The molecule has 0 bridgehead atoms. The summed E-state index contributed by atoms with van der Waals surface area (Å²) in [5.41, 5.74) is 1.61. The van der Waals surface area contributed by atoms with E-state index in [0.29, 0.717) is 22.1 Å². The maximum Gasteiger partial charge on any atom is 0.344 e. The number of benzene rings is 2. The van der Waals surface area contributed by atoms with E-state index >= 15 is 0 Å². The standard InChI is InChI=1S/C17H12O4/c18-15(19)10-13-8-4-7-12-9-14(17(20)21-16(12)13)11-5-2-1-3-6-11/h1-9H,10H2,(H,18,19). The first kappa shape index (κ1) is 13.1. The Morgan fingerprint density at radius 2 is 1.81 bits per heavy atom. The van der Waals surface area contributed by atoms with Gasteiger partial charge in [0, 0.05) is 10.9 Å². The molecule has 0 aliphatic carbocycles. The molecule has 0 fully saturated rings. The van der Waals surface area contributed by atoms with Crippen LogP contribution in [-0.4, -0.2) is 11.1 Å². The second-order valence-corrected chi connectivity index (χ2v) is 4.72. The summed E-state index contributed by atoms with van der Waals surface area (Å²) in [5, 5.41) is 9.62. The van der Waals surface area contributed by atoms with Crippen LogP contribution in [-0.2, 0) is 11.2 Å². The van der Waals surface area contributed by atoms with E-state index in [2.05, 4.69) is 0 Å². The molecule has 0 saturated heterocycles. The smallest absolute Gasteiger partial charge is 0.344 e. The third-order valence-electron chi connectivity index (χ3n) is 3.27. The fourth-order valence-electron chi connectivity index (χ4n) is 2.33. The minimum atomic E-state index is -0.961. The van der Waals surface area contributed by atoms with Gasteiger partial charge in [0.15, 0.2) is 0 Å². The molecule has 1 aromatic heterocycles. The van der Waals surface area contributed by atoms with Crippen LogP contribution in [0, 0.1) is 0 Å². The van der Waals surface area contributed by atoms with Crippen LogP contribution >= 0.6 is 0 Å². The average molecular weight is 280 g/mol. The van der Waals surface area contributed by atoms with Gasteiger partial charge in [0.25, 0.3) is 0 Å². The number of carbonyl (C=O) groups is 1. The highest BCUT2D eigenvalue weighted by molar-refractivity contribution is 5.86. The Kier molecular flexibility index (Phi) is 3.28. The Bertz CT molecular complexity index is 863. The molecule has 104 valence electrons. The first-order chi connectivity index (χ1) is 10.1. The van der Waals surface area contributed by atoms with E-state index in [0.717, 1.165) is 5.56 Å². The van der Waals surface area contributed by atoms with E-state index in [1.165, 1.54) is 0 Å². The fraction of sp³-hybridized carbons (Fsp3) is 0.0588. The van der Waals surface area contributed by atoms with Crippen LogP contribution in [0.2, 0.25) is 0 Å². The predicted molar refractivity (Wildman–Crippen MR) is 79.3 cm³/mol. The van der Waals surface area contributed by atoms with Crippen LogP contribution < -0.4 is 5.63 Å². The van der Waals surface area contributed by atoms with E-state index in [4.69, 9.17) is 9.52 Å². The molecule has 0 saturated carbocycles. The molecule has 1 heterocycles. The van der Waals surface area contributed by atoms with E-state index in [1.807, 2.05) is 30.3 Å². The Labute approximate surface area is 120 Å². The summed E-state index contributed by atoms with van der Waals surface area (Å²) < 4.78 is 5.36. The lowest BCUT2D eigenvalue weighted by Gasteiger charge is -2.05. The zero-order valence-corrected chi connectivity index (χ0v) is 11.1. The number of aliphatic carboxylic acids is 1. The molecule has 4 nitrogen and oxygen atoms in total. The summed E-state index contributed by atoms with van der Waals surface area (Å²) in [6.45, 7) is 0. The second-order valence-electron chi connectivity index (χ2n) is 4.72. The van der Waals surface area contributed by atoms with Gasteiger partial charge in [-0.3, -0.25) is 4.79 Å². The highest BCUT2D eigenvalue weighted by Crippen LogP contribution is 2.23. The first-order valence-electron chi connectivity index (χ1n) is 6.48. The molecule has 0 aliphatic heterocycles. The molecule has 0 radical (unpaired) electrons. The summed E-state index contributed by atoms with van der Waals surface area (Å²) in [4.78, 5) is 23.0. The Morgan fingerprint density at radius 1 is 1.05 bits per heavy atom. The number of fused-ring (bicyclic) bond motifs is 1. The van der Waals surface area contributed by atoms with E-state index in [9.17, 15) is 9.59 Å². The predicted octanol–water partition coefficient (Wildman–Crippen LogP) is 3.09. The summed E-state index contributed by atoms with van der Waals surface area (Å²) >= 11 is 0. The highest BCUT2D eigenvalue weighted by atomic mass is 16.4. The second kappa shape index (κ2) is 5.25. The SMILES string of the molecule is O=C(O)Cc1cccc2cc(-c3ccccc3)c(=O)oc12. The van der Waals surface area contributed by atoms with Crippen molar-refractivity contribution in [3.05, 3.63) is 70.6 Å². The average Bonchev–Trinajstić information content (AvgIpc) is 2.48. The van der Waals surface area contributed by atoms with Gasteiger partial charge in [0.1, 0.15) is 5.58 Å². The van der Waals surface area contributed by atoms with Gasteiger partial charge in [0.05, 0.1) is 12.0 Å². The van der Waals surface area contributed by atoms with E-state index in [-0.39, 0.29) is 6.42 Å². The summed E-state index contributed by atoms with van der Waals surface area (Å²) in [6, 6.07) is 16.2. The van der Waals surface area contributed by atoms with Crippen molar-refractivity contribution in [3.8, 4) is 11.1 Å². The van der Waals surface area contributed by atoms with Gasteiger partial charge in [0.2, 0.25) is 0 Å². The topological polar surface area (TPSA) is 67.5 Å². The molecule has 2 aromatic carbocycles. The monoisotopic (exact) mass is 280 g/mol. The maximum atomic E-state index is 12.2. The molecule has 4 heteroatoms. The number of carboxylic acids is 1. The number of hydrogen-bond acceptors (Lipinski definition) is 3. The fourth-order valence-corrected chi connectivity index (χ4v) is 2.33. The normalized spacial score (nSPS) is 10.7. The van der Waals surface area contributed by atoms with Crippen molar-refractivity contribution in [2.75, 3.05) is 0 Å². The number of para-hydroxylation sites is 1. The summed E-state index contributed by atoms with van der Waals surface area (Å²) in [5.74, 6) is -0.961. The van der Waals surface area contributed by atoms with Crippen molar-refractivity contribution in [2.45, 2.75) is 6.42 Å². The number of rotatable bonds is 3. The van der Waals surface area contributed by atoms with E-state index < -0.39 is 11.6 Å². The lowest BCUT2D eigenvalue weighted by atomic mass is 10.0. The van der Waals surface area contributed by atoms with E-state index in [1.54, 1.807) is 24.3 Å². The van der Waals surface area contributed by atoms with Gasteiger partial charge < -0.3 is 9.52 Å². The largest absolute Gasteiger partial charge is 0.481 e. The lowest BCUT2D eigenvalue weighted by Crippen LogP contribution is -2.05. The van der Waals surface area contributed by atoms with Crippen molar-refractivity contribution in [1.29, 1.82) is 0 Å². The van der Waals surface area contributed by atoms with Crippen molar-refractivity contribution in [3.63, 3.8) is 0 Å². The molecular formula is C17H12O4. The lowest BCUT2D eigenvalue weighted by molar-refractivity contribution is -0.136. The molecule has 0 unspecified atom stereocenters.